The molecule has 0 aliphatic carbocycles. The summed E-state index contributed by atoms with van der Waals surface area (Å²) in [6, 6.07) is 1.87. The van der Waals surface area contributed by atoms with E-state index in [2.05, 4.69) is 0 Å². The molecule has 0 radical (unpaired) electrons. The topological polar surface area (TPSA) is 60.2 Å². The lowest BCUT2D eigenvalue weighted by Crippen LogP contribution is -2.15. The summed E-state index contributed by atoms with van der Waals surface area (Å²) in [5, 5.41) is 3.96. The van der Waals surface area contributed by atoms with Gasteiger partial charge in [0.15, 0.2) is 0 Å². The van der Waals surface area contributed by atoms with E-state index in [4.69, 9.17) is 16.7 Å². The smallest absolute Gasteiger partial charge is 0.213 e. The summed E-state index contributed by atoms with van der Waals surface area (Å²) in [6.07, 6.45) is 0. The van der Waals surface area contributed by atoms with Crippen LogP contribution in [0.5, 0.6) is 0 Å². The van der Waals surface area contributed by atoms with Crippen LogP contribution in [0.25, 0.3) is 0 Å². The van der Waals surface area contributed by atoms with Crippen molar-refractivity contribution < 1.29 is 17.2 Å². The molecule has 0 atom stereocenters. The molecular weight excluding hydrogens is 236 g/mol. The molecule has 2 N–H and O–H groups in total. The van der Waals surface area contributed by atoms with Crippen LogP contribution in [0.15, 0.2) is 12.1 Å². The SMILES string of the molecule is NS(=O)(=O)Cc1ccc(F)c(Cl)c1F. The second-order valence-corrected chi connectivity index (χ2v) is 4.63. The number of nitrogens with two attached hydrogens (primary N) is 1. The highest BCUT2D eigenvalue weighted by Gasteiger charge is 2.15. The van der Waals surface area contributed by atoms with Gasteiger partial charge >= 0.3 is 0 Å². The van der Waals surface area contributed by atoms with Gasteiger partial charge in [-0.3, -0.25) is 0 Å². The number of hydrogen-bond donors (Lipinski definition) is 1. The number of benzene rings is 1. The van der Waals surface area contributed by atoms with Gasteiger partial charge in [-0.05, 0) is 6.07 Å². The lowest BCUT2D eigenvalue weighted by atomic mass is 10.2. The van der Waals surface area contributed by atoms with Crippen molar-refractivity contribution in [3.8, 4) is 0 Å². The quantitative estimate of drug-likeness (QED) is 0.796. The summed E-state index contributed by atoms with van der Waals surface area (Å²) in [4.78, 5) is 0. The fourth-order valence-electron chi connectivity index (χ4n) is 0.894. The largest absolute Gasteiger partial charge is 0.228 e. The van der Waals surface area contributed by atoms with Gasteiger partial charge in [-0.15, -0.1) is 0 Å². The van der Waals surface area contributed by atoms with E-state index in [-0.39, 0.29) is 5.56 Å². The van der Waals surface area contributed by atoms with Gasteiger partial charge in [-0.2, -0.15) is 0 Å². The van der Waals surface area contributed by atoms with Gasteiger partial charge in [-0.25, -0.2) is 22.3 Å². The maximum atomic E-state index is 13.1. The minimum atomic E-state index is -3.85. The van der Waals surface area contributed by atoms with Crippen LogP contribution in [-0.4, -0.2) is 8.42 Å². The molecule has 0 saturated heterocycles. The summed E-state index contributed by atoms with van der Waals surface area (Å²) in [6.45, 7) is 0. The third-order valence-corrected chi connectivity index (χ3v) is 2.53. The van der Waals surface area contributed by atoms with Gasteiger partial charge in [0, 0.05) is 5.56 Å². The Kier molecular flexibility index (Phi) is 3.08. The Balaban J connectivity index is 3.19. The zero-order chi connectivity index (χ0) is 10.9. The van der Waals surface area contributed by atoms with Crippen LogP contribution in [0.4, 0.5) is 8.78 Å². The molecule has 1 aromatic rings. The van der Waals surface area contributed by atoms with Crippen LogP contribution in [0.3, 0.4) is 0 Å². The van der Waals surface area contributed by atoms with Crippen molar-refractivity contribution >= 4 is 21.6 Å². The normalized spacial score (nSPS) is 11.7. The van der Waals surface area contributed by atoms with Gasteiger partial charge in [0.25, 0.3) is 0 Å². The molecular formula is C7H6ClF2NO2S. The predicted octanol–water partition coefficient (Wildman–Crippen LogP) is 1.41. The molecule has 0 spiro atoms. The molecule has 0 fully saturated rings. The van der Waals surface area contributed by atoms with Gasteiger partial charge in [-0.1, -0.05) is 17.7 Å². The van der Waals surface area contributed by atoms with E-state index in [0.717, 1.165) is 12.1 Å². The van der Waals surface area contributed by atoms with Crippen LogP contribution < -0.4 is 5.14 Å². The fourth-order valence-corrected chi connectivity index (χ4v) is 1.73. The maximum absolute atomic E-state index is 13.1. The molecule has 7 heteroatoms. The van der Waals surface area contributed by atoms with Crippen molar-refractivity contribution in [3.63, 3.8) is 0 Å². The first-order valence-corrected chi connectivity index (χ1v) is 5.53. The Labute approximate surface area is 84.5 Å². The van der Waals surface area contributed by atoms with Crippen molar-refractivity contribution in [2.75, 3.05) is 0 Å². The number of hydrogen-bond acceptors (Lipinski definition) is 2. The Morgan fingerprint density at radius 3 is 2.43 bits per heavy atom. The third kappa shape index (κ3) is 2.63. The van der Waals surface area contributed by atoms with Gasteiger partial charge in [0.1, 0.15) is 16.7 Å². The average molecular weight is 242 g/mol. The summed E-state index contributed by atoms with van der Waals surface area (Å²) in [7, 11) is -3.85. The third-order valence-electron chi connectivity index (χ3n) is 1.47. The molecule has 0 unspecified atom stereocenters. The second-order valence-electron chi connectivity index (χ2n) is 2.64. The maximum Gasteiger partial charge on any atom is 0.213 e. The summed E-state index contributed by atoms with van der Waals surface area (Å²) < 4.78 is 47.0. The lowest BCUT2D eigenvalue weighted by molar-refractivity contribution is 0.570. The van der Waals surface area contributed by atoms with Crippen molar-refractivity contribution in [2.24, 2.45) is 5.14 Å². The number of halogens is 3. The highest BCUT2D eigenvalue weighted by Crippen LogP contribution is 2.22. The number of rotatable bonds is 2. The first kappa shape index (κ1) is 11.4. The van der Waals surface area contributed by atoms with E-state index in [1.807, 2.05) is 0 Å². The molecule has 1 aromatic carbocycles. The lowest BCUT2D eigenvalue weighted by Gasteiger charge is -2.03. The van der Waals surface area contributed by atoms with Crippen LogP contribution in [-0.2, 0) is 15.8 Å². The van der Waals surface area contributed by atoms with Crippen LogP contribution in [0.2, 0.25) is 5.02 Å². The average Bonchev–Trinajstić information content (AvgIpc) is 2.04. The van der Waals surface area contributed by atoms with E-state index in [0.29, 0.717) is 0 Å². The molecule has 1 rings (SSSR count). The van der Waals surface area contributed by atoms with Gasteiger partial charge in [0.05, 0.1) is 5.75 Å². The summed E-state index contributed by atoms with van der Waals surface area (Å²) in [5.74, 6) is -2.75. The van der Waals surface area contributed by atoms with E-state index >= 15 is 0 Å². The first-order chi connectivity index (χ1) is 6.31. The Morgan fingerprint density at radius 2 is 1.93 bits per heavy atom. The molecule has 0 aliphatic heterocycles. The van der Waals surface area contributed by atoms with Crippen molar-refractivity contribution in [1.82, 2.24) is 0 Å². The Morgan fingerprint density at radius 1 is 1.36 bits per heavy atom. The van der Waals surface area contributed by atoms with Crippen LogP contribution >= 0.6 is 11.6 Å². The van der Waals surface area contributed by atoms with Crippen LogP contribution in [0, 0.1) is 11.6 Å². The van der Waals surface area contributed by atoms with E-state index in [9.17, 15) is 17.2 Å². The number of primary sulfonamides is 1. The zero-order valence-electron chi connectivity index (χ0n) is 6.80. The molecule has 0 heterocycles. The Bertz CT molecular complexity index is 461. The molecule has 3 nitrogen and oxygen atoms in total. The summed E-state index contributed by atoms with van der Waals surface area (Å²) in [5.41, 5.74) is -0.251. The molecule has 14 heavy (non-hydrogen) atoms. The monoisotopic (exact) mass is 241 g/mol. The van der Waals surface area contributed by atoms with E-state index in [1.54, 1.807) is 0 Å². The van der Waals surface area contributed by atoms with Gasteiger partial charge < -0.3 is 0 Å². The highest BCUT2D eigenvalue weighted by molar-refractivity contribution is 7.88. The minimum Gasteiger partial charge on any atom is -0.228 e. The zero-order valence-corrected chi connectivity index (χ0v) is 8.37. The molecule has 0 aromatic heterocycles. The summed E-state index contributed by atoms with van der Waals surface area (Å²) >= 11 is 5.23. The second kappa shape index (κ2) is 3.80. The first-order valence-electron chi connectivity index (χ1n) is 3.44. The molecule has 0 saturated carbocycles. The molecule has 0 bridgehead atoms. The van der Waals surface area contributed by atoms with E-state index < -0.39 is 32.4 Å². The standard InChI is InChI=1S/C7H6ClF2NO2S/c8-6-5(9)2-1-4(7(6)10)3-14(11,12)13/h1-2H,3H2,(H2,11,12,13). The van der Waals surface area contributed by atoms with Crippen molar-refractivity contribution in [1.29, 1.82) is 0 Å². The van der Waals surface area contributed by atoms with Crippen molar-refractivity contribution in [2.45, 2.75) is 5.75 Å². The number of sulfonamides is 1. The highest BCUT2D eigenvalue weighted by atomic mass is 35.5. The fraction of sp³-hybridized carbons (Fsp3) is 0.143. The molecule has 78 valence electrons. The molecule has 0 aliphatic rings. The van der Waals surface area contributed by atoms with E-state index in [1.165, 1.54) is 0 Å². The van der Waals surface area contributed by atoms with Gasteiger partial charge in [0.2, 0.25) is 10.0 Å². The predicted molar refractivity (Wildman–Crippen MR) is 48.2 cm³/mol. The van der Waals surface area contributed by atoms with Crippen LogP contribution in [0.1, 0.15) is 5.56 Å². The Hall–Kier alpha value is -0.720. The van der Waals surface area contributed by atoms with Crippen molar-refractivity contribution in [3.05, 3.63) is 34.4 Å². The molecule has 0 amide bonds. The minimum absolute atomic E-state index is 0.251.